The Morgan fingerprint density at radius 3 is 2.53 bits per heavy atom. The van der Waals surface area contributed by atoms with E-state index in [-0.39, 0.29) is 5.97 Å². The summed E-state index contributed by atoms with van der Waals surface area (Å²) in [6.07, 6.45) is 0. The molecule has 19 heavy (non-hydrogen) atoms. The van der Waals surface area contributed by atoms with Crippen molar-refractivity contribution in [1.82, 2.24) is 0 Å². The first-order valence-electron chi connectivity index (χ1n) is 6.21. The minimum Gasteiger partial charge on any atom is -0.494 e. The standard InChI is InChI=1S/C16H16O3/c1-3-18-15-11-13(10-9-12(15)2)16(17)19-14-7-5-4-6-8-14/h4-11H,3H2,1-2H3. The van der Waals surface area contributed by atoms with E-state index in [1.807, 2.05) is 38.1 Å². The zero-order chi connectivity index (χ0) is 13.7. The highest BCUT2D eigenvalue weighted by Gasteiger charge is 2.11. The number of esters is 1. The average Bonchev–Trinajstić information content (AvgIpc) is 2.42. The van der Waals surface area contributed by atoms with Crippen molar-refractivity contribution < 1.29 is 14.3 Å². The molecule has 0 bridgehead atoms. The van der Waals surface area contributed by atoms with Crippen molar-refractivity contribution in [3.8, 4) is 11.5 Å². The zero-order valence-corrected chi connectivity index (χ0v) is 11.1. The van der Waals surface area contributed by atoms with Gasteiger partial charge in [-0.1, -0.05) is 24.3 Å². The molecule has 2 aromatic rings. The first-order chi connectivity index (χ1) is 9.20. The van der Waals surface area contributed by atoms with Crippen LogP contribution in [-0.4, -0.2) is 12.6 Å². The summed E-state index contributed by atoms with van der Waals surface area (Å²) < 4.78 is 10.7. The fraction of sp³-hybridized carbons (Fsp3) is 0.188. The summed E-state index contributed by atoms with van der Waals surface area (Å²) in [6.45, 7) is 4.42. The zero-order valence-electron chi connectivity index (χ0n) is 11.1. The number of ether oxygens (including phenoxy) is 2. The van der Waals surface area contributed by atoms with Crippen LogP contribution in [0, 0.1) is 6.92 Å². The van der Waals surface area contributed by atoms with Gasteiger partial charge in [-0.25, -0.2) is 4.79 Å². The van der Waals surface area contributed by atoms with Gasteiger partial charge in [0.05, 0.1) is 12.2 Å². The lowest BCUT2D eigenvalue weighted by atomic mass is 10.1. The third-order valence-corrected chi connectivity index (χ3v) is 2.68. The molecule has 0 amide bonds. The third-order valence-electron chi connectivity index (χ3n) is 2.68. The third kappa shape index (κ3) is 3.35. The van der Waals surface area contributed by atoms with Gasteiger partial charge in [-0.05, 0) is 43.7 Å². The Morgan fingerprint density at radius 1 is 1.11 bits per heavy atom. The van der Waals surface area contributed by atoms with Crippen LogP contribution in [0.5, 0.6) is 11.5 Å². The number of hydrogen-bond donors (Lipinski definition) is 0. The fourth-order valence-corrected chi connectivity index (χ4v) is 1.69. The van der Waals surface area contributed by atoms with E-state index in [1.54, 1.807) is 24.3 Å². The number of benzene rings is 2. The van der Waals surface area contributed by atoms with E-state index in [0.717, 1.165) is 5.56 Å². The van der Waals surface area contributed by atoms with Crippen molar-refractivity contribution >= 4 is 5.97 Å². The molecular weight excluding hydrogens is 240 g/mol. The van der Waals surface area contributed by atoms with E-state index in [9.17, 15) is 4.79 Å². The molecule has 2 rings (SSSR count). The lowest BCUT2D eigenvalue weighted by molar-refractivity contribution is 0.0734. The van der Waals surface area contributed by atoms with Crippen LogP contribution in [0.1, 0.15) is 22.8 Å². The molecule has 0 aliphatic heterocycles. The van der Waals surface area contributed by atoms with Crippen molar-refractivity contribution in [2.75, 3.05) is 6.61 Å². The maximum atomic E-state index is 12.0. The SMILES string of the molecule is CCOc1cc(C(=O)Oc2ccccc2)ccc1C. The van der Waals surface area contributed by atoms with E-state index in [4.69, 9.17) is 9.47 Å². The minimum atomic E-state index is -0.382. The molecule has 0 N–H and O–H groups in total. The van der Waals surface area contributed by atoms with Gasteiger partial charge in [-0.15, -0.1) is 0 Å². The molecule has 0 spiro atoms. The second kappa shape index (κ2) is 6.05. The maximum absolute atomic E-state index is 12.0. The Bertz CT molecular complexity index is 561. The summed E-state index contributed by atoms with van der Waals surface area (Å²) in [5, 5.41) is 0. The first kappa shape index (κ1) is 13.1. The number of hydrogen-bond acceptors (Lipinski definition) is 3. The van der Waals surface area contributed by atoms with Gasteiger partial charge >= 0.3 is 5.97 Å². The largest absolute Gasteiger partial charge is 0.494 e. The molecule has 0 aromatic heterocycles. The van der Waals surface area contributed by atoms with Crippen LogP contribution < -0.4 is 9.47 Å². The summed E-state index contributed by atoms with van der Waals surface area (Å²) in [4.78, 5) is 12.0. The number of carbonyl (C=O) groups excluding carboxylic acids is 1. The van der Waals surface area contributed by atoms with Crippen molar-refractivity contribution in [3.63, 3.8) is 0 Å². The van der Waals surface area contributed by atoms with E-state index in [0.29, 0.717) is 23.7 Å². The van der Waals surface area contributed by atoms with Gasteiger partial charge in [0.2, 0.25) is 0 Å². The smallest absolute Gasteiger partial charge is 0.343 e. The first-order valence-corrected chi connectivity index (χ1v) is 6.21. The summed E-state index contributed by atoms with van der Waals surface area (Å²) in [5.41, 5.74) is 1.48. The summed E-state index contributed by atoms with van der Waals surface area (Å²) >= 11 is 0. The predicted molar refractivity (Wildman–Crippen MR) is 73.7 cm³/mol. The van der Waals surface area contributed by atoms with Crippen LogP contribution in [0.3, 0.4) is 0 Å². The van der Waals surface area contributed by atoms with Crippen molar-refractivity contribution in [2.45, 2.75) is 13.8 Å². The molecule has 0 fully saturated rings. The molecule has 3 nitrogen and oxygen atoms in total. The van der Waals surface area contributed by atoms with E-state index < -0.39 is 0 Å². The highest BCUT2D eigenvalue weighted by molar-refractivity contribution is 5.91. The molecule has 0 heterocycles. The van der Waals surface area contributed by atoms with Gasteiger partial charge < -0.3 is 9.47 Å². The molecule has 98 valence electrons. The van der Waals surface area contributed by atoms with Crippen LogP contribution in [0.2, 0.25) is 0 Å². The minimum absolute atomic E-state index is 0.382. The summed E-state index contributed by atoms with van der Waals surface area (Å²) in [6, 6.07) is 14.3. The van der Waals surface area contributed by atoms with Gasteiger partial charge in [0, 0.05) is 0 Å². The van der Waals surface area contributed by atoms with Crippen LogP contribution in [0.4, 0.5) is 0 Å². The lowest BCUT2D eigenvalue weighted by Crippen LogP contribution is -2.09. The van der Waals surface area contributed by atoms with Crippen molar-refractivity contribution in [2.24, 2.45) is 0 Å². The molecule has 0 unspecified atom stereocenters. The predicted octanol–water partition coefficient (Wildman–Crippen LogP) is 3.61. The van der Waals surface area contributed by atoms with Crippen LogP contribution in [-0.2, 0) is 0 Å². The number of para-hydroxylation sites is 1. The lowest BCUT2D eigenvalue weighted by Gasteiger charge is -2.09. The van der Waals surface area contributed by atoms with Crippen molar-refractivity contribution in [1.29, 1.82) is 0 Å². The van der Waals surface area contributed by atoms with Crippen molar-refractivity contribution in [3.05, 3.63) is 59.7 Å². The monoisotopic (exact) mass is 256 g/mol. The average molecular weight is 256 g/mol. The Balaban J connectivity index is 2.17. The van der Waals surface area contributed by atoms with Crippen LogP contribution in [0.15, 0.2) is 48.5 Å². The highest BCUT2D eigenvalue weighted by atomic mass is 16.5. The normalized spacial score (nSPS) is 10.0. The Kier molecular flexibility index (Phi) is 4.18. The van der Waals surface area contributed by atoms with E-state index >= 15 is 0 Å². The van der Waals surface area contributed by atoms with Gasteiger partial charge in [-0.3, -0.25) is 0 Å². The highest BCUT2D eigenvalue weighted by Crippen LogP contribution is 2.21. The Labute approximate surface area is 112 Å². The molecular formula is C16H16O3. The Morgan fingerprint density at radius 2 is 1.84 bits per heavy atom. The number of rotatable bonds is 4. The van der Waals surface area contributed by atoms with E-state index in [1.165, 1.54) is 0 Å². The summed E-state index contributed by atoms with van der Waals surface area (Å²) in [7, 11) is 0. The number of carbonyl (C=O) groups is 1. The molecule has 2 aromatic carbocycles. The summed E-state index contributed by atoms with van der Waals surface area (Å²) in [5.74, 6) is 0.864. The number of aryl methyl sites for hydroxylation is 1. The molecule has 0 aliphatic rings. The second-order valence-corrected chi connectivity index (χ2v) is 4.12. The van der Waals surface area contributed by atoms with Gasteiger partial charge in [0.15, 0.2) is 0 Å². The molecule has 0 saturated carbocycles. The quantitative estimate of drug-likeness (QED) is 0.619. The fourth-order valence-electron chi connectivity index (χ4n) is 1.69. The van der Waals surface area contributed by atoms with Gasteiger partial charge in [0.1, 0.15) is 11.5 Å². The second-order valence-electron chi connectivity index (χ2n) is 4.12. The molecule has 0 atom stereocenters. The van der Waals surface area contributed by atoms with Crippen LogP contribution in [0.25, 0.3) is 0 Å². The molecule has 0 radical (unpaired) electrons. The molecule has 3 heteroatoms. The van der Waals surface area contributed by atoms with E-state index in [2.05, 4.69) is 0 Å². The molecule has 0 aliphatic carbocycles. The topological polar surface area (TPSA) is 35.5 Å². The molecule has 0 saturated heterocycles. The van der Waals surface area contributed by atoms with Crippen LogP contribution >= 0.6 is 0 Å². The maximum Gasteiger partial charge on any atom is 0.343 e. The van der Waals surface area contributed by atoms with Gasteiger partial charge in [-0.2, -0.15) is 0 Å². The Hall–Kier alpha value is -2.29. The van der Waals surface area contributed by atoms with Gasteiger partial charge in [0.25, 0.3) is 0 Å².